The molecule has 8 nitrogen and oxygen atoms in total. The van der Waals surface area contributed by atoms with Gasteiger partial charge in [0.2, 0.25) is 5.95 Å². The first-order chi connectivity index (χ1) is 16.9. The van der Waals surface area contributed by atoms with Crippen molar-refractivity contribution in [2.75, 3.05) is 24.4 Å². The number of fused-ring (bicyclic) bond motifs is 1. The fourth-order valence-corrected chi connectivity index (χ4v) is 4.28. The normalized spacial score (nSPS) is 14.8. The molecule has 8 heteroatoms. The number of aryl methyl sites for hydroxylation is 1. The number of allylic oxidation sites excluding steroid dienone is 1. The van der Waals surface area contributed by atoms with Crippen LogP contribution in [0.5, 0.6) is 11.5 Å². The number of unbranched alkanes of at least 4 members (excludes halogenated alkanes) is 2. The molecule has 4 rings (SSSR count). The molecule has 184 valence electrons. The minimum absolute atomic E-state index is 0.200. The van der Waals surface area contributed by atoms with Gasteiger partial charge in [0.15, 0.2) is 11.5 Å². The van der Waals surface area contributed by atoms with Crippen LogP contribution in [-0.2, 0) is 4.79 Å². The van der Waals surface area contributed by atoms with Crippen LogP contribution in [0.15, 0.2) is 54.0 Å². The first kappa shape index (κ1) is 24.3. The van der Waals surface area contributed by atoms with Crippen LogP contribution in [0.25, 0.3) is 0 Å². The van der Waals surface area contributed by atoms with E-state index >= 15 is 0 Å². The van der Waals surface area contributed by atoms with Gasteiger partial charge in [-0.1, -0.05) is 38.0 Å². The van der Waals surface area contributed by atoms with E-state index in [4.69, 9.17) is 9.47 Å². The molecule has 0 aliphatic carbocycles. The van der Waals surface area contributed by atoms with E-state index in [2.05, 4.69) is 27.6 Å². The van der Waals surface area contributed by atoms with Crippen molar-refractivity contribution in [1.82, 2.24) is 14.8 Å². The molecule has 2 aromatic carbocycles. The maximum atomic E-state index is 13.7. The highest BCUT2D eigenvalue weighted by molar-refractivity contribution is 6.06. The Morgan fingerprint density at radius 1 is 1.14 bits per heavy atom. The van der Waals surface area contributed by atoms with Gasteiger partial charge in [0.1, 0.15) is 12.4 Å². The number of aromatic nitrogens is 3. The number of hydrogen-bond acceptors (Lipinski definition) is 6. The van der Waals surface area contributed by atoms with E-state index in [1.54, 1.807) is 11.8 Å². The van der Waals surface area contributed by atoms with Crippen LogP contribution in [0.2, 0.25) is 0 Å². The number of anilines is 2. The van der Waals surface area contributed by atoms with Crippen LogP contribution >= 0.6 is 0 Å². The van der Waals surface area contributed by atoms with Gasteiger partial charge >= 0.3 is 0 Å². The second kappa shape index (κ2) is 10.6. The van der Waals surface area contributed by atoms with Crippen molar-refractivity contribution in [2.24, 2.45) is 0 Å². The van der Waals surface area contributed by atoms with E-state index in [-0.39, 0.29) is 5.91 Å². The number of hydrogen-bond donors (Lipinski definition) is 2. The zero-order chi connectivity index (χ0) is 24.9. The Hall–Kier alpha value is -3.81. The maximum absolute atomic E-state index is 13.7. The van der Waals surface area contributed by atoms with Crippen molar-refractivity contribution >= 4 is 17.5 Å². The van der Waals surface area contributed by atoms with Gasteiger partial charge in [-0.25, -0.2) is 4.68 Å². The van der Waals surface area contributed by atoms with Gasteiger partial charge in [-0.05, 0) is 62.1 Å². The highest BCUT2D eigenvalue weighted by Gasteiger charge is 2.34. The molecule has 0 radical (unpaired) electrons. The second-order valence-electron chi connectivity index (χ2n) is 8.76. The number of rotatable bonds is 9. The third-order valence-electron chi connectivity index (χ3n) is 6.40. The summed E-state index contributed by atoms with van der Waals surface area (Å²) in [5.41, 5.74) is 5.06. The molecule has 1 atom stereocenters. The molecule has 1 aromatic heterocycles. The number of carbonyl (C=O) groups excluding carboxylic acids is 1. The van der Waals surface area contributed by atoms with Gasteiger partial charge < -0.3 is 20.1 Å². The standard InChI is InChI=1S/C27H33N5O3/c1-6-7-8-14-35-22-13-12-20(15-23(22)34-5)25-24(19(4)30-27-28-16-29-32(25)27)26(33)31-21-11-9-10-17(2)18(21)3/h9-13,15-16,25H,6-8,14H2,1-5H3,(H,31,33)(H,28,29,30). The molecule has 1 aliphatic heterocycles. The number of nitrogens with zero attached hydrogens (tertiary/aromatic N) is 3. The predicted molar refractivity (Wildman–Crippen MR) is 137 cm³/mol. The van der Waals surface area contributed by atoms with Crippen molar-refractivity contribution < 1.29 is 14.3 Å². The molecule has 1 amide bonds. The maximum Gasteiger partial charge on any atom is 0.255 e. The minimum Gasteiger partial charge on any atom is -0.493 e. The summed E-state index contributed by atoms with van der Waals surface area (Å²) in [6, 6.07) is 11.2. The topological polar surface area (TPSA) is 90.3 Å². The zero-order valence-corrected chi connectivity index (χ0v) is 21.0. The first-order valence-corrected chi connectivity index (χ1v) is 12.0. The van der Waals surface area contributed by atoms with Gasteiger partial charge in [-0.2, -0.15) is 10.1 Å². The summed E-state index contributed by atoms with van der Waals surface area (Å²) < 4.78 is 13.3. The van der Waals surface area contributed by atoms with Crippen molar-refractivity contribution in [1.29, 1.82) is 0 Å². The van der Waals surface area contributed by atoms with Crippen LogP contribution in [0.4, 0.5) is 11.6 Å². The molecule has 0 saturated carbocycles. The lowest BCUT2D eigenvalue weighted by Crippen LogP contribution is -2.31. The Morgan fingerprint density at radius 3 is 2.74 bits per heavy atom. The number of methoxy groups -OCH3 is 1. The van der Waals surface area contributed by atoms with E-state index in [9.17, 15) is 4.79 Å². The Labute approximate surface area is 206 Å². The van der Waals surface area contributed by atoms with Crippen molar-refractivity contribution in [3.05, 3.63) is 70.7 Å². The molecule has 0 fully saturated rings. The third kappa shape index (κ3) is 5.01. The van der Waals surface area contributed by atoms with E-state index in [1.807, 2.05) is 57.2 Å². The molecule has 2 N–H and O–H groups in total. The summed E-state index contributed by atoms with van der Waals surface area (Å²) in [7, 11) is 1.62. The highest BCUT2D eigenvalue weighted by atomic mass is 16.5. The number of ether oxygens (including phenoxy) is 2. The lowest BCUT2D eigenvalue weighted by Gasteiger charge is -2.29. The predicted octanol–water partition coefficient (Wildman–Crippen LogP) is 5.40. The smallest absolute Gasteiger partial charge is 0.255 e. The quantitative estimate of drug-likeness (QED) is 0.403. The molecular formula is C27H33N5O3. The van der Waals surface area contributed by atoms with E-state index in [0.29, 0.717) is 29.6 Å². The number of nitrogens with one attached hydrogen (secondary N) is 2. The lowest BCUT2D eigenvalue weighted by atomic mass is 9.94. The fraction of sp³-hybridized carbons (Fsp3) is 0.370. The van der Waals surface area contributed by atoms with Gasteiger partial charge in [0.05, 0.1) is 19.3 Å². The third-order valence-corrected chi connectivity index (χ3v) is 6.40. The van der Waals surface area contributed by atoms with Crippen LogP contribution in [0.1, 0.15) is 55.8 Å². The Morgan fingerprint density at radius 2 is 1.97 bits per heavy atom. The monoisotopic (exact) mass is 475 g/mol. The fourth-order valence-electron chi connectivity index (χ4n) is 4.28. The second-order valence-corrected chi connectivity index (χ2v) is 8.76. The van der Waals surface area contributed by atoms with Gasteiger partial charge in [0, 0.05) is 11.4 Å². The zero-order valence-electron chi connectivity index (χ0n) is 21.0. The van der Waals surface area contributed by atoms with Crippen molar-refractivity contribution in [3.63, 3.8) is 0 Å². The van der Waals surface area contributed by atoms with Crippen molar-refractivity contribution in [2.45, 2.75) is 53.0 Å². The molecule has 1 aliphatic rings. The van der Waals surface area contributed by atoms with E-state index in [1.165, 1.54) is 6.33 Å². The van der Waals surface area contributed by atoms with Crippen molar-refractivity contribution in [3.8, 4) is 11.5 Å². The summed E-state index contributed by atoms with van der Waals surface area (Å²) in [5, 5.41) is 10.7. The van der Waals surface area contributed by atoms with Crippen LogP contribution in [0, 0.1) is 13.8 Å². The average molecular weight is 476 g/mol. The first-order valence-electron chi connectivity index (χ1n) is 12.0. The molecular weight excluding hydrogens is 442 g/mol. The Bertz CT molecular complexity index is 1250. The lowest BCUT2D eigenvalue weighted by molar-refractivity contribution is -0.113. The summed E-state index contributed by atoms with van der Waals surface area (Å²) in [6.45, 7) is 8.71. The molecule has 0 spiro atoms. The Kier molecular flexibility index (Phi) is 7.39. The molecule has 0 saturated heterocycles. The largest absolute Gasteiger partial charge is 0.493 e. The van der Waals surface area contributed by atoms with Crippen LogP contribution in [-0.4, -0.2) is 34.4 Å². The molecule has 0 bridgehead atoms. The highest BCUT2D eigenvalue weighted by Crippen LogP contribution is 2.39. The van der Waals surface area contributed by atoms with Gasteiger partial charge in [-0.15, -0.1) is 0 Å². The molecule has 35 heavy (non-hydrogen) atoms. The molecule has 3 aromatic rings. The molecule has 2 heterocycles. The minimum atomic E-state index is -0.484. The van der Waals surface area contributed by atoms with Crippen LogP contribution < -0.4 is 20.1 Å². The number of carbonyl (C=O) groups is 1. The summed E-state index contributed by atoms with van der Waals surface area (Å²) in [5.74, 6) is 1.68. The van der Waals surface area contributed by atoms with E-state index < -0.39 is 6.04 Å². The Balaban J connectivity index is 1.69. The summed E-state index contributed by atoms with van der Waals surface area (Å²) in [4.78, 5) is 18.0. The van der Waals surface area contributed by atoms with Gasteiger partial charge in [0.25, 0.3) is 5.91 Å². The summed E-state index contributed by atoms with van der Waals surface area (Å²) in [6.07, 6.45) is 4.72. The SMILES string of the molecule is CCCCCOc1ccc(C2C(C(=O)Nc3cccc(C)c3C)=C(C)Nc3ncnn32)cc1OC. The van der Waals surface area contributed by atoms with Crippen LogP contribution in [0.3, 0.4) is 0 Å². The van der Waals surface area contributed by atoms with Gasteiger partial charge in [-0.3, -0.25) is 4.79 Å². The van der Waals surface area contributed by atoms with E-state index in [0.717, 1.165) is 47.3 Å². The number of benzene rings is 2. The average Bonchev–Trinajstić information content (AvgIpc) is 3.32. The molecule has 1 unspecified atom stereocenters. The number of amides is 1. The summed E-state index contributed by atoms with van der Waals surface area (Å²) >= 11 is 0.